The molecule has 1 nitrogen and oxygen atoms in total. The van der Waals surface area contributed by atoms with E-state index in [2.05, 4.69) is 6.58 Å². The van der Waals surface area contributed by atoms with Gasteiger partial charge in [-0.2, -0.15) is 0 Å². The summed E-state index contributed by atoms with van der Waals surface area (Å²) in [6.45, 7) is 4.21. The van der Waals surface area contributed by atoms with E-state index in [0.29, 0.717) is 12.5 Å². The van der Waals surface area contributed by atoms with Crippen LogP contribution in [-0.4, -0.2) is 11.7 Å². The van der Waals surface area contributed by atoms with Gasteiger partial charge in [0, 0.05) is 12.5 Å². The van der Waals surface area contributed by atoms with Gasteiger partial charge in [-0.3, -0.25) is 0 Å². The average Bonchev–Trinajstić information content (AvgIpc) is 1.89. The second kappa shape index (κ2) is 3.02. The van der Waals surface area contributed by atoms with Crippen LogP contribution in [0.1, 0.15) is 25.7 Å². The summed E-state index contributed by atoms with van der Waals surface area (Å²) in [6, 6.07) is 0. The normalized spacial score (nSPS) is 28.6. The van der Waals surface area contributed by atoms with E-state index in [1.165, 1.54) is 18.4 Å². The maximum absolute atomic E-state index is 8.80. The van der Waals surface area contributed by atoms with Crippen LogP contribution in [0.5, 0.6) is 0 Å². The fourth-order valence-electron chi connectivity index (χ4n) is 1.37. The average molecular weight is 126 g/mol. The van der Waals surface area contributed by atoms with E-state index in [0.717, 1.165) is 12.8 Å². The molecule has 1 saturated carbocycles. The second-order valence-corrected chi connectivity index (χ2v) is 2.78. The van der Waals surface area contributed by atoms with Crippen LogP contribution in [0.15, 0.2) is 12.2 Å². The van der Waals surface area contributed by atoms with Crippen molar-refractivity contribution < 1.29 is 5.11 Å². The Morgan fingerprint density at radius 2 is 2.33 bits per heavy atom. The van der Waals surface area contributed by atoms with Crippen molar-refractivity contribution in [3.05, 3.63) is 12.2 Å². The Labute approximate surface area is 56.4 Å². The Morgan fingerprint density at radius 1 is 1.56 bits per heavy atom. The number of rotatable bonds is 1. The highest BCUT2D eigenvalue weighted by molar-refractivity contribution is 5.02. The zero-order chi connectivity index (χ0) is 6.69. The molecule has 0 bridgehead atoms. The van der Waals surface area contributed by atoms with E-state index in [1.54, 1.807) is 0 Å². The molecule has 0 amide bonds. The Morgan fingerprint density at radius 3 is 2.78 bits per heavy atom. The van der Waals surface area contributed by atoms with Crippen molar-refractivity contribution >= 4 is 0 Å². The fourth-order valence-corrected chi connectivity index (χ4v) is 1.37. The molecule has 9 heavy (non-hydrogen) atoms. The lowest BCUT2D eigenvalue weighted by atomic mass is 9.86. The van der Waals surface area contributed by atoms with Gasteiger partial charge in [0.2, 0.25) is 0 Å². The molecule has 0 spiro atoms. The third-order valence-corrected chi connectivity index (χ3v) is 2.10. The van der Waals surface area contributed by atoms with Gasteiger partial charge >= 0.3 is 0 Å². The minimum absolute atomic E-state index is 0.304. The topological polar surface area (TPSA) is 20.2 Å². The SMILES string of the molecule is C=C1CCCCC1CO. The first-order valence-corrected chi connectivity index (χ1v) is 3.63. The number of aliphatic hydroxyl groups excluding tert-OH is 1. The molecular weight excluding hydrogens is 112 g/mol. The first-order valence-electron chi connectivity index (χ1n) is 3.63. The Hall–Kier alpha value is -0.300. The van der Waals surface area contributed by atoms with Crippen molar-refractivity contribution in [2.75, 3.05) is 6.61 Å². The van der Waals surface area contributed by atoms with Crippen molar-refractivity contribution in [1.29, 1.82) is 0 Å². The highest BCUT2D eigenvalue weighted by Crippen LogP contribution is 2.26. The van der Waals surface area contributed by atoms with Crippen molar-refractivity contribution in [1.82, 2.24) is 0 Å². The van der Waals surface area contributed by atoms with E-state index < -0.39 is 0 Å². The zero-order valence-corrected chi connectivity index (χ0v) is 5.77. The summed E-state index contributed by atoms with van der Waals surface area (Å²) in [5, 5.41) is 8.80. The van der Waals surface area contributed by atoms with Gasteiger partial charge in [-0.05, 0) is 19.3 Å². The largest absolute Gasteiger partial charge is 0.396 e. The molecule has 1 atom stereocenters. The monoisotopic (exact) mass is 126 g/mol. The number of aliphatic hydroxyl groups is 1. The van der Waals surface area contributed by atoms with Gasteiger partial charge in [-0.15, -0.1) is 0 Å². The summed E-state index contributed by atoms with van der Waals surface area (Å²) < 4.78 is 0. The summed E-state index contributed by atoms with van der Waals surface area (Å²) in [5.41, 5.74) is 1.25. The van der Waals surface area contributed by atoms with E-state index in [4.69, 9.17) is 5.11 Å². The molecule has 1 N–H and O–H groups in total. The van der Waals surface area contributed by atoms with Crippen LogP contribution in [-0.2, 0) is 0 Å². The molecule has 0 aromatic heterocycles. The Balaban J connectivity index is 2.39. The molecule has 0 saturated heterocycles. The van der Waals surface area contributed by atoms with E-state index in [-0.39, 0.29) is 0 Å². The lowest BCUT2D eigenvalue weighted by Gasteiger charge is -2.21. The summed E-state index contributed by atoms with van der Waals surface area (Å²) in [5.74, 6) is 0.416. The van der Waals surface area contributed by atoms with Gasteiger partial charge in [-0.25, -0.2) is 0 Å². The van der Waals surface area contributed by atoms with E-state index in [1.807, 2.05) is 0 Å². The molecule has 1 rings (SSSR count). The highest BCUT2D eigenvalue weighted by atomic mass is 16.3. The molecule has 0 aromatic carbocycles. The Bertz CT molecular complexity index is 107. The summed E-state index contributed by atoms with van der Waals surface area (Å²) >= 11 is 0. The standard InChI is InChI=1S/C8H14O/c1-7-4-2-3-5-8(7)6-9/h8-9H,1-6H2. The lowest BCUT2D eigenvalue weighted by molar-refractivity contribution is 0.225. The minimum Gasteiger partial charge on any atom is -0.396 e. The van der Waals surface area contributed by atoms with Crippen LogP contribution in [0, 0.1) is 5.92 Å². The molecule has 0 aromatic rings. The van der Waals surface area contributed by atoms with Crippen LogP contribution in [0.25, 0.3) is 0 Å². The summed E-state index contributed by atoms with van der Waals surface area (Å²) in [4.78, 5) is 0. The molecule has 0 radical (unpaired) electrons. The van der Waals surface area contributed by atoms with Crippen molar-refractivity contribution in [3.8, 4) is 0 Å². The van der Waals surface area contributed by atoms with Gasteiger partial charge in [-0.1, -0.05) is 18.6 Å². The number of hydrogen-bond acceptors (Lipinski definition) is 1. The lowest BCUT2D eigenvalue weighted by Crippen LogP contribution is -2.12. The molecule has 1 heteroatoms. The molecule has 1 aliphatic rings. The third-order valence-electron chi connectivity index (χ3n) is 2.10. The molecule has 1 unspecified atom stereocenters. The molecule has 1 aliphatic carbocycles. The van der Waals surface area contributed by atoms with Gasteiger partial charge in [0.05, 0.1) is 0 Å². The predicted molar refractivity (Wildman–Crippen MR) is 38.2 cm³/mol. The zero-order valence-electron chi connectivity index (χ0n) is 5.77. The minimum atomic E-state index is 0.304. The van der Waals surface area contributed by atoms with Crippen LogP contribution in [0.4, 0.5) is 0 Å². The maximum atomic E-state index is 8.80. The van der Waals surface area contributed by atoms with Gasteiger partial charge in [0.1, 0.15) is 0 Å². The van der Waals surface area contributed by atoms with Crippen LogP contribution in [0.2, 0.25) is 0 Å². The molecule has 0 heterocycles. The van der Waals surface area contributed by atoms with Gasteiger partial charge < -0.3 is 5.11 Å². The molecule has 1 fully saturated rings. The van der Waals surface area contributed by atoms with E-state index >= 15 is 0 Å². The second-order valence-electron chi connectivity index (χ2n) is 2.78. The van der Waals surface area contributed by atoms with Gasteiger partial charge in [0.25, 0.3) is 0 Å². The quantitative estimate of drug-likeness (QED) is 0.530. The van der Waals surface area contributed by atoms with Crippen molar-refractivity contribution in [3.63, 3.8) is 0 Å². The summed E-state index contributed by atoms with van der Waals surface area (Å²) in [6.07, 6.45) is 4.82. The third kappa shape index (κ3) is 1.55. The molecular formula is C8H14O. The molecule has 52 valence electrons. The van der Waals surface area contributed by atoms with Gasteiger partial charge in [0.15, 0.2) is 0 Å². The predicted octanol–water partition coefficient (Wildman–Crippen LogP) is 1.73. The van der Waals surface area contributed by atoms with Crippen LogP contribution in [0.3, 0.4) is 0 Å². The number of hydrogen-bond donors (Lipinski definition) is 1. The fraction of sp³-hybridized carbons (Fsp3) is 0.750. The van der Waals surface area contributed by atoms with Crippen molar-refractivity contribution in [2.45, 2.75) is 25.7 Å². The van der Waals surface area contributed by atoms with Crippen LogP contribution < -0.4 is 0 Å². The van der Waals surface area contributed by atoms with E-state index in [9.17, 15) is 0 Å². The Kier molecular flexibility index (Phi) is 2.29. The summed E-state index contributed by atoms with van der Waals surface area (Å²) in [7, 11) is 0. The highest BCUT2D eigenvalue weighted by Gasteiger charge is 2.14. The maximum Gasteiger partial charge on any atom is 0.0496 e. The van der Waals surface area contributed by atoms with Crippen molar-refractivity contribution in [2.24, 2.45) is 5.92 Å². The first-order chi connectivity index (χ1) is 4.34. The molecule has 0 aliphatic heterocycles. The smallest absolute Gasteiger partial charge is 0.0496 e. The van der Waals surface area contributed by atoms with Crippen LogP contribution >= 0.6 is 0 Å². The first kappa shape index (κ1) is 6.81.